The van der Waals surface area contributed by atoms with Gasteiger partial charge >= 0.3 is 11.9 Å². The molecule has 0 heterocycles. The molecule has 0 rings (SSSR count). The van der Waals surface area contributed by atoms with Crippen molar-refractivity contribution in [2.45, 2.75) is 56.5 Å². The van der Waals surface area contributed by atoms with Gasteiger partial charge in [-0.15, -0.1) is 0 Å². The first-order valence-electron chi connectivity index (χ1n) is 9.36. The van der Waals surface area contributed by atoms with Crippen LogP contribution in [0.2, 0.25) is 0 Å². The maximum absolute atomic E-state index is 12.7. The zero-order valence-corrected chi connectivity index (χ0v) is 18.4. The van der Waals surface area contributed by atoms with Crippen molar-refractivity contribution in [3.63, 3.8) is 0 Å². The van der Waals surface area contributed by atoms with Crippen molar-refractivity contribution in [3.05, 3.63) is 0 Å². The minimum atomic E-state index is -1.68. The van der Waals surface area contributed by atoms with Crippen molar-refractivity contribution < 1.29 is 44.1 Å². The summed E-state index contributed by atoms with van der Waals surface area (Å²) < 4.78 is 0. The third-order valence-electron chi connectivity index (χ3n) is 4.06. The number of amides is 4. The average molecular weight is 480 g/mol. The van der Waals surface area contributed by atoms with Crippen LogP contribution in [0.4, 0.5) is 0 Å². The molecule has 0 radical (unpaired) electrons. The number of aliphatic hydroxyl groups is 1. The first kappa shape index (κ1) is 29.1. The standard InChI is InChI=1S/C17H29N5O9S/c1-7(23)13(16(29)21-10(17(30)31)6-11(19)24)22-15(28)9(3-4-32-2)20-14(27)8(18)5-12(25)26/h7-10,13,23H,3-6,18H2,1-2H3,(H2,19,24)(H,20,27)(H,21,29)(H,22,28)(H,25,26)(H,30,31). The van der Waals surface area contributed by atoms with Crippen molar-refractivity contribution in [1.82, 2.24) is 16.0 Å². The number of aliphatic hydroxyl groups excluding tert-OH is 1. The van der Waals surface area contributed by atoms with E-state index in [4.69, 9.17) is 21.7 Å². The van der Waals surface area contributed by atoms with Crippen molar-refractivity contribution in [1.29, 1.82) is 0 Å². The summed E-state index contributed by atoms with van der Waals surface area (Å²) in [5.41, 5.74) is 10.4. The summed E-state index contributed by atoms with van der Waals surface area (Å²) >= 11 is 1.35. The van der Waals surface area contributed by atoms with E-state index in [9.17, 15) is 33.9 Å². The number of carbonyl (C=O) groups excluding carboxylic acids is 4. The van der Waals surface area contributed by atoms with Crippen LogP contribution in [0.5, 0.6) is 0 Å². The summed E-state index contributed by atoms with van der Waals surface area (Å²) in [4.78, 5) is 70.1. The molecule has 0 bridgehead atoms. The van der Waals surface area contributed by atoms with Crippen LogP contribution >= 0.6 is 11.8 Å². The molecule has 5 unspecified atom stereocenters. The number of carbonyl (C=O) groups is 6. The predicted molar refractivity (Wildman–Crippen MR) is 112 cm³/mol. The van der Waals surface area contributed by atoms with Crippen LogP contribution in [-0.2, 0) is 28.8 Å². The molecule has 0 aromatic rings. The average Bonchev–Trinajstić information content (AvgIpc) is 2.66. The number of nitrogens with one attached hydrogen (secondary N) is 3. The molecule has 0 spiro atoms. The third-order valence-corrected chi connectivity index (χ3v) is 4.70. The molecule has 0 saturated carbocycles. The topological polar surface area (TPSA) is 251 Å². The second-order valence-corrected chi connectivity index (χ2v) is 7.83. The Morgan fingerprint density at radius 3 is 1.91 bits per heavy atom. The number of thioether (sulfide) groups is 1. The van der Waals surface area contributed by atoms with Crippen molar-refractivity contribution >= 4 is 47.3 Å². The number of nitrogens with two attached hydrogens (primary N) is 2. The first-order chi connectivity index (χ1) is 14.8. The molecule has 10 N–H and O–H groups in total. The number of primary amides is 1. The lowest BCUT2D eigenvalue weighted by molar-refractivity contribution is -0.144. The van der Waals surface area contributed by atoms with E-state index >= 15 is 0 Å². The highest BCUT2D eigenvalue weighted by molar-refractivity contribution is 7.98. The van der Waals surface area contributed by atoms with Gasteiger partial charge in [0.05, 0.1) is 25.0 Å². The van der Waals surface area contributed by atoms with E-state index < -0.39 is 78.7 Å². The van der Waals surface area contributed by atoms with E-state index in [1.165, 1.54) is 11.8 Å². The maximum atomic E-state index is 12.7. The Labute approximate surface area is 187 Å². The van der Waals surface area contributed by atoms with Crippen LogP contribution in [-0.4, -0.2) is 93.2 Å². The van der Waals surface area contributed by atoms with E-state index in [0.29, 0.717) is 5.75 Å². The van der Waals surface area contributed by atoms with Gasteiger partial charge in [-0.1, -0.05) is 0 Å². The summed E-state index contributed by atoms with van der Waals surface area (Å²) in [6.07, 6.45) is -1.03. The fourth-order valence-corrected chi connectivity index (χ4v) is 2.86. The number of carboxylic acid groups (broad SMARTS) is 2. The summed E-state index contributed by atoms with van der Waals surface area (Å²) in [6.45, 7) is 1.16. The van der Waals surface area contributed by atoms with Gasteiger partial charge in [-0.05, 0) is 25.4 Å². The second kappa shape index (κ2) is 14.2. The van der Waals surface area contributed by atoms with Gasteiger partial charge in [0.2, 0.25) is 23.6 Å². The fraction of sp³-hybridized carbons (Fsp3) is 0.647. The van der Waals surface area contributed by atoms with Crippen LogP contribution in [0.15, 0.2) is 0 Å². The molecule has 0 aliphatic carbocycles. The van der Waals surface area contributed by atoms with E-state index in [1.807, 2.05) is 5.32 Å². The number of hydrogen-bond acceptors (Lipinski definition) is 9. The maximum Gasteiger partial charge on any atom is 0.326 e. The Morgan fingerprint density at radius 1 is 0.906 bits per heavy atom. The highest BCUT2D eigenvalue weighted by Gasteiger charge is 2.33. The molecule has 0 aromatic heterocycles. The molecule has 0 aliphatic heterocycles. The zero-order valence-electron chi connectivity index (χ0n) is 17.6. The van der Waals surface area contributed by atoms with Crippen LogP contribution in [0.25, 0.3) is 0 Å². The van der Waals surface area contributed by atoms with E-state index in [1.54, 1.807) is 6.26 Å². The molecule has 15 heteroatoms. The minimum Gasteiger partial charge on any atom is -0.481 e. The van der Waals surface area contributed by atoms with E-state index in [-0.39, 0.29) is 6.42 Å². The SMILES string of the molecule is CSCCC(NC(=O)C(N)CC(=O)O)C(=O)NC(C(=O)NC(CC(N)=O)C(=O)O)C(C)O. The predicted octanol–water partition coefficient (Wildman–Crippen LogP) is -3.66. The van der Waals surface area contributed by atoms with Gasteiger partial charge in [0.1, 0.15) is 18.1 Å². The summed E-state index contributed by atoms with van der Waals surface area (Å²) in [5.74, 6) is -6.35. The van der Waals surface area contributed by atoms with Gasteiger partial charge in [-0.2, -0.15) is 11.8 Å². The van der Waals surface area contributed by atoms with Crippen LogP contribution in [0.1, 0.15) is 26.2 Å². The highest BCUT2D eigenvalue weighted by atomic mass is 32.2. The lowest BCUT2D eigenvalue weighted by Crippen LogP contribution is -2.60. The monoisotopic (exact) mass is 479 g/mol. The van der Waals surface area contributed by atoms with Gasteiger partial charge in [0.15, 0.2) is 0 Å². The molecule has 32 heavy (non-hydrogen) atoms. The molecule has 5 atom stereocenters. The first-order valence-corrected chi connectivity index (χ1v) is 10.8. The zero-order chi connectivity index (χ0) is 25.0. The van der Waals surface area contributed by atoms with Crippen molar-refractivity contribution in [3.8, 4) is 0 Å². The Kier molecular flexibility index (Phi) is 12.9. The minimum absolute atomic E-state index is 0.0894. The van der Waals surface area contributed by atoms with Crippen molar-refractivity contribution in [2.75, 3.05) is 12.0 Å². The molecular formula is C17H29N5O9S. The summed E-state index contributed by atoms with van der Waals surface area (Å²) in [6, 6.07) is -5.94. The van der Waals surface area contributed by atoms with Crippen molar-refractivity contribution in [2.24, 2.45) is 11.5 Å². The number of rotatable bonds is 15. The largest absolute Gasteiger partial charge is 0.481 e. The van der Waals surface area contributed by atoms with E-state index in [2.05, 4.69) is 10.6 Å². The fourth-order valence-electron chi connectivity index (χ4n) is 2.39. The second-order valence-electron chi connectivity index (χ2n) is 6.84. The van der Waals surface area contributed by atoms with Gasteiger partial charge in [0, 0.05) is 0 Å². The summed E-state index contributed by atoms with van der Waals surface area (Å²) in [7, 11) is 0. The third kappa shape index (κ3) is 10.9. The number of carboxylic acids is 2. The van der Waals surface area contributed by atoms with Gasteiger partial charge in [0.25, 0.3) is 0 Å². The van der Waals surface area contributed by atoms with Crippen LogP contribution in [0, 0.1) is 0 Å². The number of aliphatic carboxylic acids is 2. The van der Waals surface area contributed by atoms with Crippen LogP contribution in [0.3, 0.4) is 0 Å². The molecule has 14 nitrogen and oxygen atoms in total. The molecule has 4 amide bonds. The quantitative estimate of drug-likeness (QED) is 0.114. The normalized spacial score (nSPS) is 15.4. The Morgan fingerprint density at radius 2 is 1.47 bits per heavy atom. The van der Waals surface area contributed by atoms with Gasteiger partial charge in [-0.3, -0.25) is 24.0 Å². The Bertz CT molecular complexity index is 719. The molecule has 0 saturated heterocycles. The summed E-state index contributed by atoms with van der Waals surface area (Å²) in [5, 5.41) is 34.3. The molecule has 0 aromatic carbocycles. The van der Waals surface area contributed by atoms with E-state index in [0.717, 1.165) is 6.92 Å². The Balaban J connectivity index is 5.40. The highest BCUT2D eigenvalue weighted by Crippen LogP contribution is 2.05. The van der Waals surface area contributed by atoms with Crippen LogP contribution < -0.4 is 27.4 Å². The van der Waals surface area contributed by atoms with Gasteiger partial charge < -0.3 is 42.7 Å². The smallest absolute Gasteiger partial charge is 0.326 e. The van der Waals surface area contributed by atoms with Gasteiger partial charge in [-0.25, -0.2) is 4.79 Å². The Hall–Kier alpha value is -2.91. The molecular weight excluding hydrogens is 450 g/mol. The lowest BCUT2D eigenvalue weighted by Gasteiger charge is -2.26. The number of hydrogen-bond donors (Lipinski definition) is 8. The molecule has 182 valence electrons. The molecule has 0 aliphatic rings. The lowest BCUT2D eigenvalue weighted by atomic mass is 10.1. The molecule has 0 fully saturated rings.